The van der Waals surface area contributed by atoms with E-state index >= 15 is 0 Å². The molecule has 1 saturated carbocycles. The van der Waals surface area contributed by atoms with Crippen LogP contribution in [-0.2, 0) is 10.0 Å². The number of nitrogens with one attached hydrogen (secondary N) is 2. The van der Waals surface area contributed by atoms with Crippen LogP contribution < -0.4 is 10.0 Å². The molecule has 0 aromatic carbocycles. The molecule has 4 nitrogen and oxygen atoms in total. The maximum absolute atomic E-state index is 12.0. The minimum Gasteiger partial charge on any atom is -0.313 e. The highest BCUT2D eigenvalue weighted by Gasteiger charge is 2.27. The van der Waals surface area contributed by atoms with Gasteiger partial charge in [0.15, 0.2) is 0 Å². The minimum atomic E-state index is -3.11. The molecule has 1 aliphatic heterocycles. The minimum absolute atomic E-state index is 0.101. The van der Waals surface area contributed by atoms with Crippen molar-refractivity contribution in [2.75, 3.05) is 12.3 Å². The van der Waals surface area contributed by atoms with Gasteiger partial charge in [-0.05, 0) is 45.1 Å². The molecule has 0 amide bonds. The Kier molecular flexibility index (Phi) is 4.44. The zero-order valence-corrected chi connectivity index (χ0v) is 11.4. The molecule has 2 unspecified atom stereocenters. The molecular formula is C12H24N2O2S. The van der Waals surface area contributed by atoms with Gasteiger partial charge in [0, 0.05) is 12.1 Å². The Morgan fingerprint density at radius 2 is 1.94 bits per heavy atom. The van der Waals surface area contributed by atoms with E-state index in [1.165, 1.54) is 25.7 Å². The molecule has 2 N–H and O–H groups in total. The van der Waals surface area contributed by atoms with Gasteiger partial charge in [0.25, 0.3) is 0 Å². The topological polar surface area (TPSA) is 58.2 Å². The largest absolute Gasteiger partial charge is 0.313 e. The van der Waals surface area contributed by atoms with Crippen LogP contribution in [-0.4, -0.2) is 32.8 Å². The van der Waals surface area contributed by atoms with Crippen LogP contribution in [0, 0.1) is 5.92 Å². The van der Waals surface area contributed by atoms with Gasteiger partial charge in [-0.2, -0.15) is 0 Å². The van der Waals surface area contributed by atoms with E-state index in [1.807, 2.05) is 6.92 Å². The maximum atomic E-state index is 12.0. The van der Waals surface area contributed by atoms with Crippen molar-refractivity contribution in [2.45, 2.75) is 57.5 Å². The van der Waals surface area contributed by atoms with E-state index in [0.717, 1.165) is 19.4 Å². The van der Waals surface area contributed by atoms with Crippen molar-refractivity contribution >= 4 is 10.0 Å². The summed E-state index contributed by atoms with van der Waals surface area (Å²) in [6, 6.07) is 0.257. The summed E-state index contributed by atoms with van der Waals surface area (Å²) < 4.78 is 26.9. The highest BCUT2D eigenvalue weighted by molar-refractivity contribution is 7.89. The molecule has 0 aromatic heterocycles. The van der Waals surface area contributed by atoms with Gasteiger partial charge in [-0.1, -0.05) is 12.8 Å². The normalized spacial score (nSPS) is 28.6. The number of sulfonamides is 1. The Morgan fingerprint density at radius 1 is 1.24 bits per heavy atom. The standard InChI is InChI=1S/C12H24N2O2S/c1-10(11-5-2-3-6-11)14-17(15,16)9-12-7-4-8-13-12/h10-14H,2-9H2,1H3. The number of hydrogen-bond acceptors (Lipinski definition) is 3. The fraction of sp³-hybridized carbons (Fsp3) is 1.00. The molecule has 17 heavy (non-hydrogen) atoms. The first-order valence-electron chi connectivity index (χ1n) is 6.80. The second-order valence-electron chi connectivity index (χ2n) is 5.53. The first-order valence-corrected chi connectivity index (χ1v) is 8.45. The predicted octanol–water partition coefficient (Wildman–Crippen LogP) is 1.24. The van der Waals surface area contributed by atoms with Crippen molar-refractivity contribution in [3.8, 4) is 0 Å². The van der Waals surface area contributed by atoms with Crippen LogP contribution in [0.2, 0.25) is 0 Å². The van der Waals surface area contributed by atoms with Gasteiger partial charge in [-0.15, -0.1) is 0 Å². The van der Waals surface area contributed by atoms with Crippen molar-refractivity contribution in [1.29, 1.82) is 0 Å². The molecule has 5 heteroatoms. The third-order valence-electron chi connectivity index (χ3n) is 4.06. The SMILES string of the molecule is CC(NS(=O)(=O)CC1CCCN1)C1CCCC1. The summed E-state index contributed by atoms with van der Waals surface area (Å²) in [4.78, 5) is 0. The van der Waals surface area contributed by atoms with Gasteiger partial charge in [-0.25, -0.2) is 13.1 Å². The van der Waals surface area contributed by atoms with Crippen LogP contribution >= 0.6 is 0 Å². The van der Waals surface area contributed by atoms with Crippen LogP contribution in [0.3, 0.4) is 0 Å². The zero-order valence-electron chi connectivity index (χ0n) is 10.6. The van der Waals surface area contributed by atoms with Crippen molar-refractivity contribution < 1.29 is 8.42 Å². The molecular weight excluding hydrogens is 236 g/mol. The first kappa shape index (κ1) is 13.3. The molecule has 100 valence electrons. The van der Waals surface area contributed by atoms with E-state index < -0.39 is 10.0 Å². The molecule has 1 aliphatic carbocycles. The fourth-order valence-corrected chi connectivity index (χ4v) is 4.72. The zero-order chi connectivity index (χ0) is 12.3. The van der Waals surface area contributed by atoms with Gasteiger partial charge < -0.3 is 5.32 Å². The highest BCUT2D eigenvalue weighted by Crippen LogP contribution is 2.27. The van der Waals surface area contributed by atoms with E-state index in [1.54, 1.807) is 0 Å². The molecule has 1 heterocycles. The van der Waals surface area contributed by atoms with Crippen LogP contribution in [0.4, 0.5) is 0 Å². The molecule has 2 rings (SSSR count). The number of rotatable bonds is 5. The Bertz CT molecular complexity index is 330. The van der Waals surface area contributed by atoms with Crippen molar-refractivity contribution in [3.05, 3.63) is 0 Å². The van der Waals surface area contributed by atoms with E-state index in [9.17, 15) is 8.42 Å². The van der Waals surface area contributed by atoms with Crippen LogP contribution in [0.15, 0.2) is 0 Å². The molecule has 0 spiro atoms. The summed E-state index contributed by atoms with van der Waals surface area (Å²) in [5, 5.41) is 3.24. The average Bonchev–Trinajstić information content (AvgIpc) is 2.85. The van der Waals surface area contributed by atoms with Gasteiger partial charge in [0.05, 0.1) is 5.75 Å². The van der Waals surface area contributed by atoms with Gasteiger partial charge in [-0.3, -0.25) is 0 Å². The van der Waals surface area contributed by atoms with E-state index in [0.29, 0.717) is 5.92 Å². The lowest BCUT2D eigenvalue weighted by Gasteiger charge is -2.21. The monoisotopic (exact) mass is 260 g/mol. The molecule has 2 aliphatic rings. The quantitative estimate of drug-likeness (QED) is 0.782. The summed E-state index contributed by atoms with van der Waals surface area (Å²) >= 11 is 0. The molecule has 0 radical (unpaired) electrons. The average molecular weight is 260 g/mol. The summed E-state index contributed by atoms with van der Waals surface area (Å²) in [7, 11) is -3.11. The summed E-state index contributed by atoms with van der Waals surface area (Å²) in [5.41, 5.74) is 0. The van der Waals surface area contributed by atoms with Gasteiger partial charge in [0.1, 0.15) is 0 Å². The van der Waals surface area contributed by atoms with Gasteiger partial charge >= 0.3 is 0 Å². The Hall–Kier alpha value is -0.130. The second-order valence-corrected chi connectivity index (χ2v) is 7.32. The van der Waals surface area contributed by atoms with Crippen molar-refractivity contribution in [1.82, 2.24) is 10.0 Å². The lowest BCUT2D eigenvalue weighted by atomic mass is 10.0. The predicted molar refractivity (Wildman–Crippen MR) is 69.4 cm³/mol. The lowest BCUT2D eigenvalue weighted by Crippen LogP contribution is -2.42. The second kappa shape index (κ2) is 5.67. The first-order chi connectivity index (χ1) is 8.07. The fourth-order valence-electron chi connectivity index (χ4n) is 3.05. The molecule has 0 aromatic rings. The van der Waals surface area contributed by atoms with Crippen molar-refractivity contribution in [3.63, 3.8) is 0 Å². The smallest absolute Gasteiger partial charge is 0.213 e. The van der Waals surface area contributed by atoms with Crippen LogP contribution in [0.5, 0.6) is 0 Å². The van der Waals surface area contributed by atoms with E-state index in [4.69, 9.17) is 0 Å². The maximum Gasteiger partial charge on any atom is 0.213 e. The van der Waals surface area contributed by atoms with E-state index in [2.05, 4.69) is 10.0 Å². The Morgan fingerprint density at radius 3 is 2.53 bits per heavy atom. The van der Waals surface area contributed by atoms with Gasteiger partial charge in [0.2, 0.25) is 10.0 Å². The summed E-state index contributed by atoms with van der Waals surface area (Å²) in [6.07, 6.45) is 6.93. The lowest BCUT2D eigenvalue weighted by molar-refractivity contribution is 0.422. The van der Waals surface area contributed by atoms with Crippen LogP contribution in [0.25, 0.3) is 0 Å². The molecule has 2 fully saturated rings. The Labute approximate surface area is 105 Å². The third-order valence-corrected chi connectivity index (χ3v) is 5.63. The number of hydrogen-bond donors (Lipinski definition) is 2. The third kappa shape index (κ3) is 3.93. The summed E-state index contributed by atoms with van der Waals surface area (Å²) in [5.74, 6) is 0.783. The summed E-state index contributed by atoms with van der Waals surface area (Å²) in [6.45, 7) is 2.97. The van der Waals surface area contributed by atoms with Crippen LogP contribution in [0.1, 0.15) is 45.4 Å². The van der Waals surface area contributed by atoms with Crippen molar-refractivity contribution in [2.24, 2.45) is 5.92 Å². The Balaban J connectivity index is 1.82. The van der Waals surface area contributed by atoms with E-state index in [-0.39, 0.29) is 17.8 Å². The highest BCUT2D eigenvalue weighted by atomic mass is 32.2. The molecule has 1 saturated heterocycles. The molecule has 2 atom stereocenters. The molecule has 0 bridgehead atoms.